The molecule has 0 aliphatic heterocycles. The monoisotopic (exact) mass is 438 g/mol. The Hall–Kier alpha value is -1.97. The Kier molecular flexibility index (Phi) is 10.8. The van der Waals surface area contributed by atoms with Crippen molar-refractivity contribution in [1.29, 1.82) is 0 Å². The second kappa shape index (κ2) is 13.4. The molecule has 1 aliphatic carbocycles. The molecule has 1 saturated carbocycles. The molecule has 0 aromatic heterocycles. The van der Waals surface area contributed by atoms with Crippen LogP contribution in [-0.2, 0) is 20.9 Å². The second-order valence-electron chi connectivity index (χ2n) is 7.81. The summed E-state index contributed by atoms with van der Waals surface area (Å²) >= 11 is -1.68. The molecule has 168 valence electrons. The van der Waals surface area contributed by atoms with E-state index in [-0.39, 0.29) is 23.8 Å². The molecule has 0 bridgehead atoms. The first kappa shape index (κ1) is 24.3. The van der Waals surface area contributed by atoms with Gasteiger partial charge in [-0.3, -0.25) is 9.59 Å². The lowest BCUT2D eigenvalue weighted by molar-refractivity contribution is -0.126. The lowest BCUT2D eigenvalue weighted by Gasteiger charge is -2.28. The van der Waals surface area contributed by atoms with Crippen molar-refractivity contribution in [2.75, 3.05) is 19.6 Å². The van der Waals surface area contributed by atoms with Gasteiger partial charge in [0.05, 0.1) is 0 Å². The molecule has 0 heterocycles. The molecule has 1 aliphatic rings. The van der Waals surface area contributed by atoms with E-state index in [1.807, 2.05) is 13.0 Å². The molecule has 1 fully saturated rings. The average molecular weight is 439 g/mol. The topological polar surface area (TPSA) is 123 Å². The average Bonchev–Trinajstić information content (AvgIpc) is 2.75. The van der Waals surface area contributed by atoms with Crippen molar-refractivity contribution in [2.45, 2.75) is 51.5 Å². The number of nitrogens with two attached hydrogens (primary N) is 1. The summed E-state index contributed by atoms with van der Waals surface area (Å²) in [7, 11) is 0. The van der Waals surface area contributed by atoms with E-state index in [4.69, 9.17) is 9.92 Å². The quantitative estimate of drug-likeness (QED) is 0.393. The zero-order chi connectivity index (χ0) is 21.8. The summed E-state index contributed by atoms with van der Waals surface area (Å²) in [5.74, 6) is 1.02. The molecule has 1 aromatic rings. The van der Waals surface area contributed by atoms with Crippen LogP contribution < -0.4 is 25.3 Å². The van der Waals surface area contributed by atoms with E-state index >= 15 is 0 Å². The van der Waals surface area contributed by atoms with Gasteiger partial charge >= 0.3 is 0 Å². The van der Waals surface area contributed by atoms with Crippen LogP contribution in [0.25, 0.3) is 0 Å². The maximum Gasteiger partial charge on any atom is 0.288 e. The summed E-state index contributed by atoms with van der Waals surface area (Å²) in [4.78, 5) is 24.1. The first-order chi connectivity index (χ1) is 14.5. The fourth-order valence-electron chi connectivity index (χ4n) is 3.43. The normalized spacial score (nSPS) is 20.7. The SMILES string of the molecule is CC(CNC(=O)C1CCC(CNC(=O)CCCN)CC1)NS(=O)Oc1ccccc1. The largest absolute Gasteiger partial charge is 0.389 e. The minimum atomic E-state index is -1.68. The summed E-state index contributed by atoms with van der Waals surface area (Å²) in [5, 5.41) is 5.90. The van der Waals surface area contributed by atoms with Gasteiger partial charge in [-0.05, 0) is 63.6 Å². The van der Waals surface area contributed by atoms with Crippen molar-refractivity contribution < 1.29 is 18.0 Å². The fourth-order valence-corrected chi connectivity index (χ4v) is 4.18. The Morgan fingerprint density at radius 3 is 2.53 bits per heavy atom. The highest BCUT2D eigenvalue weighted by molar-refractivity contribution is 7.78. The third-order valence-electron chi connectivity index (χ3n) is 5.21. The number of para-hydroxylation sites is 1. The maximum atomic E-state index is 12.4. The maximum absolute atomic E-state index is 12.4. The van der Waals surface area contributed by atoms with Crippen LogP contribution in [0, 0.1) is 11.8 Å². The smallest absolute Gasteiger partial charge is 0.288 e. The summed E-state index contributed by atoms with van der Waals surface area (Å²) in [6, 6.07) is 8.73. The van der Waals surface area contributed by atoms with Gasteiger partial charge in [0.25, 0.3) is 11.3 Å². The standard InChI is InChI=1S/C21H34N4O4S/c1-16(25-30(28)29-19-6-3-2-4-7-19)14-24-21(27)18-11-9-17(10-12-18)15-23-20(26)8-5-13-22/h2-4,6-7,16-18,25H,5,8-15,22H2,1H3,(H,23,26)(H,24,27). The fraction of sp³-hybridized carbons (Fsp3) is 0.619. The van der Waals surface area contributed by atoms with Crippen molar-refractivity contribution in [2.24, 2.45) is 17.6 Å². The van der Waals surface area contributed by atoms with Gasteiger partial charge in [0, 0.05) is 31.5 Å². The van der Waals surface area contributed by atoms with Crippen LogP contribution in [0.2, 0.25) is 0 Å². The van der Waals surface area contributed by atoms with Crippen molar-refractivity contribution in [1.82, 2.24) is 15.4 Å². The van der Waals surface area contributed by atoms with Crippen LogP contribution in [0.1, 0.15) is 45.4 Å². The van der Waals surface area contributed by atoms with Crippen molar-refractivity contribution in [3.8, 4) is 5.75 Å². The molecule has 0 radical (unpaired) electrons. The number of carbonyl (C=O) groups is 2. The molecular formula is C21H34N4O4S. The van der Waals surface area contributed by atoms with Crippen LogP contribution in [0.5, 0.6) is 5.75 Å². The van der Waals surface area contributed by atoms with Gasteiger partial charge in [-0.1, -0.05) is 18.2 Å². The third-order valence-corrected chi connectivity index (χ3v) is 6.15. The zero-order valence-electron chi connectivity index (χ0n) is 17.6. The van der Waals surface area contributed by atoms with Crippen LogP contribution in [-0.4, -0.2) is 41.7 Å². The van der Waals surface area contributed by atoms with Crippen LogP contribution >= 0.6 is 0 Å². The molecule has 0 spiro atoms. The number of hydrogen-bond acceptors (Lipinski definition) is 5. The predicted octanol–water partition coefficient (Wildman–Crippen LogP) is 1.40. The van der Waals surface area contributed by atoms with Gasteiger partial charge in [-0.15, -0.1) is 0 Å². The van der Waals surface area contributed by atoms with Crippen LogP contribution in [0.3, 0.4) is 0 Å². The Morgan fingerprint density at radius 2 is 1.87 bits per heavy atom. The number of benzene rings is 1. The lowest BCUT2D eigenvalue weighted by Crippen LogP contribution is -2.43. The minimum Gasteiger partial charge on any atom is -0.389 e. The molecule has 2 unspecified atom stereocenters. The Balaban J connectivity index is 1.60. The van der Waals surface area contributed by atoms with Gasteiger partial charge < -0.3 is 20.6 Å². The molecule has 2 rings (SSSR count). The summed E-state index contributed by atoms with van der Waals surface area (Å²) in [6.45, 7) is 3.42. The molecule has 8 nitrogen and oxygen atoms in total. The van der Waals surface area contributed by atoms with Crippen molar-refractivity contribution in [3.05, 3.63) is 30.3 Å². The first-order valence-corrected chi connectivity index (χ1v) is 11.7. The minimum absolute atomic E-state index is 0.00698. The van der Waals surface area contributed by atoms with Crippen LogP contribution in [0.4, 0.5) is 0 Å². The van der Waals surface area contributed by atoms with Gasteiger partial charge in [0.2, 0.25) is 11.8 Å². The summed E-state index contributed by atoms with van der Waals surface area (Å²) in [5.41, 5.74) is 5.41. The molecule has 5 N–H and O–H groups in total. The van der Waals surface area contributed by atoms with E-state index in [0.717, 1.165) is 25.7 Å². The highest BCUT2D eigenvalue weighted by atomic mass is 32.2. The van der Waals surface area contributed by atoms with E-state index < -0.39 is 11.3 Å². The number of nitrogens with one attached hydrogen (secondary N) is 3. The molecule has 30 heavy (non-hydrogen) atoms. The lowest BCUT2D eigenvalue weighted by atomic mass is 9.81. The van der Waals surface area contributed by atoms with Gasteiger partial charge in [-0.2, -0.15) is 8.93 Å². The van der Waals surface area contributed by atoms with Crippen molar-refractivity contribution in [3.63, 3.8) is 0 Å². The molecule has 2 atom stereocenters. The third kappa shape index (κ3) is 9.23. The molecule has 0 saturated heterocycles. The Labute approximate surface area is 181 Å². The highest BCUT2D eigenvalue weighted by Gasteiger charge is 2.26. The highest BCUT2D eigenvalue weighted by Crippen LogP contribution is 2.28. The van der Waals surface area contributed by atoms with Gasteiger partial charge in [0.1, 0.15) is 5.75 Å². The predicted molar refractivity (Wildman–Crippen MR) is 118 cm³/mol. The summed E-state index contributed by atoms with van der Waals surface area (Å²) < 4.78 is 20.1. The zero-order valence-corrected chi connectivity index (χ0v) is 18.4. The van der Waals surface area contributed by atoms with E-state index in [1.165, 1.54) is 0 Å². The number of amides is 2. The molecule has 1 aromatic carbocycles. The van der Waals surface area contributed by atoms with E-state index in [2.05, 4.69) is 15.4 Å². The van der Waals surface area contributed by atoms with E-state index in [9.17, 15) is 13.8 Å². The van der Waals surface area contributed by atoms with Crippen molar-refractivity contribution >= 4 is 23.1 Å². The number of rotatable bonds is 12. The Bertz CT molecular complexity index is 681. The van der Waals surface area contributed by atoms with Gasteiger partial charge in [-0.25, -0.2) is 0 Å². The first-order valence-electron chi connectivity index (χ1n) is 10.6. The Morgan fingerprint density at radius 1 is 1.17 bits per heavy atom. The van der Waals surface area contributed by atoms with E-state index in [0.29, 0.717) is 44.1 Å². The summed E-state index contributed by atoms with van der Waals surface area (Å²) in [6.07, 6.45) is 4.68. The molecule has 9 heteroatoms. The van der Waals surface area contributed by atoms with Crippen LogP contribution in [0.15, 0.2) is 30.3 Å². The number of hydrogen-bond donors (Lipinski definition) is 4. The second-order valence-corrected chi connectivity index (χ2v) is 8.68. The molecule has 2 amide bonds. The van der Waals surface area contributed by atoms with Gasteiger partial charge in [0.15, 0.2) is 0 Å². The van der Waals surface area contributed by atoms with E-state index in [1.54, 1.807) is 24.3 Å². The molecular weight excluding hydrogens is 404 g/mol. The number of carbonyl (C=O) groups excluding carboxylic acids is 2.